The second-order valence-electron chi connectivity index (χ2n) is 6.62. The van der Waals surface area contributed by atoms with Gasteiger partial charge >= 0.3 is 5.97 Å². The third-order valence-corrected chi connectivity index (χ3v) is 5.04. The number of amides is 2. The van der Waals surface area contributed by atoms with Crippen molar-refractivity contribution < 1.29 is 24.2 Å². The number of ether oxygens (including phenoxy) is 1. The smallest absolute Gasteiger partial charge is 0.315 e. The van der Waals surface area contributed by atoms with Gasteiger partial charge in [0, 0.05) is 6.54 Å². The monoisotopic (exact) mass is 382 g/mol. The zero-order chi connectivity index (χ0) is 20.1. The molecule has 146 valence electrons. The third-order valence-electron chi connectivity index (χ3n) is 5.04. The molecular formula is C21H22N2O5. The molecule has 2 N–H and O–H groups in total. The van der Waals surface area contributed by atoms with Crippen LogP contribution in [0.25, 0.3) is 0 Å². The van der Waals surface area contributed by atoms with E-state index in [-0.39, 0.29) is 25.6 Å². The quantitative estimate of drug-likeness (QED) is 0.763. The van der Waals surface area contributed by atoms with Gasteiger partial charge < -0.3 is 15.2 Å². The van der Waals surface area contributed by atoms with Crippen LogP contribution < -0.4 is 15.0 Å². The van der Waals surface area contributed by atoms with Crippen molar-refractivity contribution in [3.63, 3.8) is 0 Å². The Morgan fingerprint density at radius 1 is 1.14 bits per heavy atom. The van der Waals surface area contributed by atoms with Crippen LogP contribution in [0.4, 0.5) is 5.69 Å². The zero-order valence-corrected chi connectivity index (χ0v) is 15.6. The summed E-state index contributed by atoms with van der Waals surface area (Å²) >= 11 is 0. The van der Waals surface area contributed by atoms with Gasteiger partial charge in [-0.3, -0.25) is 19.3 Å². The minimum atomic E-state index is -1.23. The molecule has 0 bridgehead atoms. The topological polar surface area (TPSA) is 95.9 Å². The average Bonchev–Trinajstić information content (AvgIpc) is 2.71. The number of nitrogens with one attached hydrogen (secondary N) is 1. The largest absolute Gasteiger partial charge is 0.482 e. The van der Waals surface area contributed by atoms with Gasteiger partial charge in [0.15, 0.2) is 6.61 Å². The van der Waals surface area contributed by atoms with E-state index in [2.05, 4.69) is 5.32 Å². The fourth-order valence-electron chi connectivity index (χ4n) is 3.31. The van der Waals surface area contributed by atoms with Gasteiger partial charge in [0.05, 0.1) is 5.69 Å². The van der Waals surface area contributed by atoms with Gasteiger partial charge in [-0.1, -0.05) is 49.4 Å². The minimum Gasteiger partial charge on any atom is -0.482 e. The number of hydrogen-bond acceptors (Lipinski definition) is 4. The lowest BCUT2D eigenvalue weighted by Gasteiger charge is -2.31. The highest BCUT2D eigenvalue weighted by Gasteiger charge is 2.39. The summed E-state index contributed by atoms with van der Waals surface area (Å²) in [5.74, 6) is -1.22. The second kappa shape index (κ2) is 8.12. The number of nitrogens with zero attached hydrogens (tertiary/aromatic N) is 1. The van der Waals surface area contributed by atoms with Crippen LogP contribution in [-0.4, -0.2) is 42.6 Å². The molecule has 0 fully saturated rings. The van der Waals surface area contributed by atoms with E-state index in [1.165, 1.54) is 4.90 Å². The number of fused-ring (bicyclic) bond motifs is 1. The highest BCUT2D eigenvalue weighted by molar-refractivity contribution is 6.02. The van der Waals surface area contributed by atoms with Crippen LogP contribution >= 0.6 is 0 Å². The summed E-state index contributed by atoms with van der Waals surface area (Å²) < 4.78 is 5.37. The van der Waals surface area contributed by atoms with Gasteiger partial charge in [0.2, 0.25) is 5.91 Å². The molecule has 7 heteroatoms. The average molecular weight is 382 g/mol. The van der Waals surface area contributed by atoms with E-state index < -0.39 is 17.3 Å². The highest BCUT2D eigenvalue weighted by Crippen LogP contribution is 2.31. The molecule has 0 aliphatic carbocycles. The van der Waals surface area contributed by atoms with Crippen LogP contribution in [0, 0.1) is 0 Å². The van der Waals surface area contributed by atoms with Crippen LogP contribution in [0.15, 0.2) is 54.6 Å². The maximum absolute atomic E-state index is 12.5. The summed E-state index contributed by atoms with van der Waals surface area (Å²) in [6.45, 7) is 1.37. The molecule has 0 radical (unpaired) electrons. The van der Waals surface area contributed by atoms with E-state index in [1.807, 2.05) is 6.07 Å². The molecule has 2 aromatic rings. The molecule has 1 aliphatic heterocycles. The van der Waals surface area contributed by atoms with E-state index in [9.17, 15) is 19.5 Å². The van der Waals surface area contributed by atoms with Crippen molar-refractivity contribution in [1.29, 1.82) is 0 Å². The number of carbonyl (C=O) groups excluding carboxylic acids is 2. The summed E-state index contributed by atoms with van der Waals surface area (Å²) in [5, 5.41) is 12.5. The first-order chi connectivity index (χ1) is 13.5. The number of anilines is 1. The summed E-state index contributed by atoms with van der Waals surface area (Å²) in [4.78, 5) is 38.1. The number of rotatable bonds is 7. The molecular weight excluding hydrogens is 360 g/mol. The molecule has 1 unspecified atom stereocenters. The van der Waals surface area contributed by atoms with Crippen molar-refractivity contribution in [1.82, 2.24) is 5.32 Å². The van der Waals surface area contributed by atoms with Crippen LogP contribution in [0.1, 0.15) is 18.9 Å². The Labute approximate surface area is 162 Å². The molecule has 0 saturated heterocycles. The normalized spacial score (nSPS) is 15.2. The SMILES string of the molecule is CCC(CNC(=O)CN1C(=O)COc2ccccc21)(C(=O)O)c1ccccc1. The van der Waals surface area contributed by atoms with E-state index in [1.54, 1.807) is 55.5 Å². The van der Waals surface area contributed by atoms with Gasteiger partial charge in [-0.2, -0.15) is 0 Å². The molecule has 0 spiro atoms. The molecule has 0 aromatic heterocycles. The van der Waals surface area contributed by atoms with Gasteiger partial charge in [0.25, 0.3) is 5.91 Å². The summed E-state index contributed by atoms with van der Waals surface area (Å²) in [7, 11) is 0. The number of carboxylic acids is 1. The maximum Gasteiger partial charge on any atom is 0.315 e. The number of aliphatic carboxylic acids is 1. The maximum atomic E-state index is 12.5. The molecule has 28 heavy (non-hydrogen) atoms. The highest BCUT2D eigenvalue weighted by atomic mass is 16.5. The van der Waals surface area contributed by atoms with Crippen molar-refractivity contribution in [3.05, 3.63) is 60.2 Å². The predicted molar refractivity (Wildman–Crippen MR) is 103 cm³/mol. The van der Waals surface area contributed by atoms with Gasteiger partial charge in [-0.05, 0) is 24.1 Å². The van der Waals surface area contributed by atoms with Crippen molar-refractivity contribution in [3.8, 4) is 5.75 Å². The lowest BCUT2D eigenvalue weighted by molar-refractivity contribution is -0.144. The Morgan fingerprint density at radius 2 is 1.82 bits per heavy atom. The number of benzene rings is 2. The van der Waals surface area contributed by atoms with Crippen molar-refractivity contribution >= 4 is 23.5 Å². The third kappa shape index (κ3) is 3.69. The summed E-state index contributed by atoms with van der Waals surface area (Å²) in [6.07, 6.45) is 0.311. The van der Waals surface area contributed by atoms with Gasteiger partial charge in [-0.15, -0.1) is 0 Å². The van der Waals surface area contributed by atoms with Crippen molar-refractivity contribution in [2.75, 3.05) is 24.6 Å². The minimum absolute atomic E-state index is 0.0676. The molecule has 2 aromatic carbocycles. The Kier molecular flexibility index (Phi) is 5.63. The first-order valence-corrected chi connectivity index (χ1v) is 9.06. The fourth-order valence-corrected chi connectivity index (χ4v) is 3.31. The molecule has 1 aliphatic rings. The number of para-hydroxylation sites is 2. The first kappa shape index (κ1) is 19.4. The van der Waals surface area contributed by atoms with Crippen molar-refractivity contribution in [2.24, 2.45) is 0 Å². The van der Waals surface area contributed by atoms with Gasteiger partial charge in [0.1, 0.15) is 17.7 Å². The van der Waals surface area contributed by atoms with E-state index >= 15 is 0 Å². The van der Waals surface area contributed by atoms with Crippen LogP contribution in [0.2, 0.25) is 0 Å². The van der Waals surface area contributed by atoms with E-state index in [4.69, 9.17) is 4.74 Å². The molecule has 7 nitrogen and oxygen atoms in total. The molecule has 1 heterocycles. The Hall–Kier alpha value is -3.35. The summed E-state index contributed by atoms with van der Waals surface area (Å²) in [5.41, 5.74) is -0.0841. The number of carboxylic acid groups (broad SMARTS) is 1. The number of hydrogen-bond donors (Lipinski definition) is 2. The Morgan fingerprint density at radius 3 is 2.50 bits per heavy atom. The molecule has 2 amide bonds. The molecule has 3 rings (SSSR count). The lowest BCUT2D eigenvalue weighted by Crippen LogP contribution is -2.50. The van der Waals surface area contributed by atoms with E-state index in [0.717, 1.165) is 0 Å². The van der Waals surface area contributed by atoms with Crippen LogP contribution in [0.5, 0.6) is 5.75 Å². The zero-order valence-electron chi connectivity index (χ0n) is 15.6. The second-order valence-corrected chi connectivity index (χ2v) is 6.62. The number of carbonyl (C=O) groups is 3. The molecule has 1 atom stereocenters. The Bertz CT molecular complexity index is 883. The van der Waals surface area contributed by atoms with Crippen LogP contribution in [-0.2, 0) is 19.8 Å². The standard InChI is InChI=1S/C21H22N2O5/c1-2-21(20(26)27,15-8-4-3-5-9-15)14-22-18(24)12-23-16-10-6-7-11-17(16)28-13-19(23)25/h3-11H,2,12-14H2,1H3,(H,22,24)(H,26,27). The van der Waals surface area contributed by atoms with Crippen LogP contribution in [0.3, 0.4) is 0 Å². The van der Waals surface area contributed by atoms with Gasteiger partial charge in [-0.25, -0.2) is 0 Å². The molecule has 0 saturated carbocycles. The summed E-state index contributed by atoms with van der Waals surface area (Å²) in [6, 6.07) is 15.8. The van der Waals surface area contributed by atoms with E-state index in [0.29, 0.717) is 23.4 Å². The first-order valence-electron chi connectivity index (χ1n) is 9.06. The Balaban J connectivity index is 1.74. The van der Waals surface area contributed by atoms with Crippen molar-refractivity contribution in [2.45, 2.75) is 18.8 Å². The lowest BCUT2D eigenvalue weighted by atomic mass is 9.78. The predicted octanol–water partition coefficient (Wildman–Crippen LogP) is 1.96. The fraction of sp³-hybridized carbons (Fsp3) is 0.286.